The van der Waals surface area contributed by atoms with Crippen LogP contribution in [0.15, 0.2) is 36.7 Å². The van der Waals surface area contributed by atoms with Crippen molar-refractivity contribution in [3.63, 3.8) is 0 Å². The molecule has 0 atom stereocenters. The molecule has 0 aliphatic heterocycles. The first-order valence-electron chi connectivity index (χ1n) is 6.33. The van der Waals surface area contributed by atoms with Gasteiger partial charge in [0.25, 0.3) is 0 Å². The fourth-order valence-electron chi connectivity index (χ4n) is 1.86. The zero-order valence-electron chi connectivity index (χ0n) is 11.3. The van der Waals surface area contributed by atoms with Crippen molar-refractivity contribution in [1.82, 2.24) is 9.97 Å². The summed E-state index contributed by atoms with van der Waals surface area (Å²) in [6.45, 7) is 2.08. The molecule has 0 aliphatic rings. The predicted octanol–water partition coefficient (Wildman–Crippen LogP) is 4.40. The Kier molecular flexibility index (Phi) is 5.73. The highest BCUT2D eigenvalue weighted by molar-refractivity contribution is 8.76. The van der Waals surface area contributed by atoms with Gasteiger partial charge < -0.3 is 0 Å². The molecule has 0 unspecified atom stereocenters. The SMILES string of the molecule is CSSCCCc1ccnc(-c2cc(C)ccn2)c1. The van der Waals surface area contributed by atoms with Crippen LogP contribution in [0.1, 0.15) is 17.5 Å². The summed E-state index contributed by atoms with van der Waals surface area (Å²) in [5, 5.41) is 0. The Bertz CT molecular complexity index is 529. The summed E-state index contributed by atoms with van der Waals surface area (Å²) in [6, 6.07) is 8.34. The summed E-state index contributed by atoms with van der Waals surface area (Å²) in [5.41, 5.74) is 4.49. The summed E-state index contributed by atoms with van der Waals surface area (Å²) in [7, 11) is 3.75. The Morgan fingerprint density at radius 2 is 1.79 bits per heavy atom. The van der Waals surface area contributed by atoms with Crippen LogP contribution < -0.4 is 0 Å². The molecule has 100 valence electrons. The van der Waals surface area contributed by atoms with Crippen LogP contribution in [-0.2, 0) is 6.42 Å². The monoisotopic (exact) mass is 290 g/mol. The van der Waals surface area contributed by atoms with E-state index >= 15 is 0 Å². The lowest BCUT2D eigenvalue weighted by Crippen LogP contribution is -1.92. The fraction of sp³-hybridized carbons (Fsp3) is 0.333. The zero-order chi connectivity index (χ0) is 13.5. The maximum Gasteiger partial charge on any atom is 0.0888 e. The van der Waals surface area contributed by atoms with Gasteiger partial charge in [-0.1, -0.05) is 21.6 Å². The van der Waals surface area contributed by atoms with Gasteiger partial charge in [-0.05, 0) is 61.4 Å². The van der Waals surface area contributed by atoms with E-state index in [0.29, 0.717) is 0 Å². The fourth-order valence-corrected chi connectivity index (χ4v) is 3.15. The first-order valence-corrected chi connectivity index (χ1v) is 9.06. The van der Waals surface area contributed by atoms with Crippen molar-refractivity contribution in [2.45, 2.75) is 19.8 Å². The van der Waals surface area contributed by atoms with Gasteiger partial charge >= 0.3 is 0 Å². The van der Waals surface area contributed by atoms with Crippen LogP contribution in [0, 0.1) is 6.92 Å². The third kappa shape index (κ3) is 4.55. The lowest BCUT2D eigenvalue weighted by Gasteiger charge is -2.05. The summed E-state index contributed by atoms with van der Waals surface area (Å²) in [5.74, 6) is 1.20. The van der Waals surface area contributed by atoms with Gasteiger partial charge in [0.05, 0.1) is 11.4 Å². The van der Waals surface area contributed by atoms with E-state index in [1.807, 2.05) is 40.0 Å². The second kappa shape index (κ2) is 7.56. The second-order valence-corrected chi connectivity index (χ2v) is 7.04. The number of aromatic nitrogens is 2. The molecule has 0 aliphatic carbocycles. The Hall–Kier alpha value is -1.00. The molecule has 2 aromatic heterocycles. The van der Waals surface area contributed by atoms with Gasteiger partial charge in [0.15, 0.2) is 0 Å². The van der Waals surface area contributed by atoms with Crippen molar-refractivity contribution in [3.8, 4) is 11.4 Å². The predicted molar refractivity (Wildman–Crippen MR) is 86.5 cm³/mol. The molecule has 2 nitrogen and oxygen atoms in total. The van der Waals surface area contributed by atoms with Crippen molar-refractivity contribution >= 4 is 21.6 Å². The molecule has 0 fully saturated rings. The lowest BCUT2D eigenvalue weighted by atomic mass is 10.1. The molecule has 2 rings (SSSR count). The molecular formula is C15H18N2S2. The smallest absolute Gasteiger partial charge is 0.0888 e. The molecule has 0 aromatic carbocycles. The van der Waals surface area contributed by atoms with Gasteiger partial charge in [0, 0.05) is 18.1 Å². The number of hydrogen-bond donors (Lipinski definition) is 0. The Morgan fingerprint density at radius 3 is 2.53 bits per heavy atom. The van der Waals surface area contributed by atoms with E-state index < -0.39 is 0 Å². The number of pyridine rings is 2. The largest absolute Gasteiger partial charge is 0.255 e. The molecule has 0 N–H and O–H groups in total. The highest BCUT2D eigenvalue weighted by atomic mass is 33.1. The Morgan fingerprint density at radius 1 is 1.05 bits per heavy atom. The van der Waals surface area contributed by atoms with Crippen LogP contribution in [0.2, 0.25) is 0 Å². The van der Waals surface area contributed by atoms with Crippen LogP contribution in [-0.4, -0.2) is 22.0 Å². The van der Waals surface area contributed by atoms with Crippen LogP contribution in [0.4, 0.5) is 0 Å². The molecule has 19 heavy (non-hydrogen) atoms. The highest BCUT2D eigenvalue weighted by Gasteiger charge is 2.02. The van der Waals surface area contributed by atoms with Crippen molar-refractivity contribution in [2.75, 3.05) is 12.0 Å². The number of rotatable bonds is 6. The molecule has 0 amide bonds. The van der Waals surface area contributed by atoms with E-state index in [2.05, 4.69) is 41.3 Å². The molecule has 4 heteroatoms. The van der Waals surface area contributed by atoms with Gasteiger partial charge in [0.1, 0.15) is 0 Å². The molecule has 2 aromatic rings. The minimum atomic E-state index is 0.959. The molecule has 0 bridgehead atoms. The number of hydrogen-bond acceptors (Lipinski definition) is 4. The normalized spacial score (nSPS) is 10.6. The lowest BCUT2D eigenvalue weighted by molar-refractivity contribution is 0.932. The van der Waals surface area contributed by atoms with Crippen molar-refractivity contribution in [1.29, 1.82) is 0 Å². The molecule has 0 saturated carbocycles. The minimum absolute atomic E-state index is 0.959. The maximum atomic E-state index is 4.42. The second-order valence-electron chi connectivity index (χ2n) is 4.36. The van der Waals surface area contributed by atoms with Crippen molar-refractivity contribution in [3.05, 3.63) is 47.8 Å². The van der Waals surface area contributed by atoms with Crippen LogP contribution in [0.25, 0.3) is 11.4 Å². The topological polar surface area (TPSA) is 25.8 Å². The third-order valence-corrected chi connectivity index (χ3v) is 4.71. The van der Waals surface area contributed by atoms with E-state index in [4.69, 9.17) is 0 Å². The van der Waals surface area contributed by atoms with Crippen LogP contribution >= 0.6 is 21.6 Å². The van der Waals surface area contributed by atoms with Crippen LogP contribution in [0.5, 0.6) is 0 Å². The first-order chi connectivity index (χ1) is 9.29. The van der Waals surface area contributed by atoms with E-state index in [0.717, 1.165) is 17.8 Å². The standard InChI is InChI=1S/C15H18N2S2/c1-12-5-7-16-14(10-12)15-11-13(6-8-17-15)4-3-9-19-18-2/h5-8,10-11H,3-4,9H2,1-2H3. The van der Waals surface area contributed by atoms with E-state index in [1.165, 1.54) is 23.3 Å². The number of nitrogens with zero attached hydrogens (tertiary/aromatic N) is 2. The first kappa shape index (κ1) is 14.4. The van der Waals surface area contributed by atoms with E-state index in [-0.39, 0.29) is 0 Å². The molecule has 0 saturated heterocycles. The Labute approximate surface area is 122 Å². The average Bonchev–Trinajstić information content (AvgIpc) is 2.44. The summed E-state index contributed by atoms with van der Waals surface area (Å²) >= 11 is 0. The molecule has 0 radical (unpaired) electrons. The van der Waals surface area contributed by atoms with Crippen LogP contribution in [0.3, 0.4) is 0 Å². The summed E-state index contributed by atoms with van der Waals surface area (Å²) in [6.07, 6.45) is 8.16. The maximum absolute atomic E-state index is 4.42. The molecule has 2 heterocycles. The van der Waals surface area contributed by atoms with Crippen molar-refractivity contribution < 1.29 is 0 Å². The van der Waals surface area contributed by atoms with E-state index in [9.17, 15) is 0 Å². The molecule has 0 spiro atoms. The van der Waals surface area contributed by atoms with Gasteiger partial charge in [-0.15, -0.1) is 0 Å². The molecular weight excluding hydrogens is 272 g/mol. The number of aryl methyl sites for hydroxylation is 2. The van der Waals surface area contributed by atoms with Gasteiger partial charge in [-0.3, -0.25) is 9.97 Å². The van der Waals surface area contributed by atoms with Crippen molar-refractivity contribution in [2.24, 2.45) is 0 Å². The van der Waals surface area contributed by atoms with Gasteiger partial charge in [-0.2, -0.15) is 0 Å². The minimum Gasteiger partial charge on any atom is -0.255 e. The zero-order valence-corrected chi connectivity index (χ0v) is 12.9. The quantitative estimate of drug-likeness (QED) is 0.582. The average molecular weight is 290 g/mol. The van der Waals surface area contributed by atoms with Gasteiger partial charge in [-0.25, -0.2) is 0 Å². The Balaban J connectivity index is 2.06. The van der Waals surface area contributed by atoms with Gasteiger partial charge in [0.2, 0.25) is 0 Å². The summed E-state index contributed by atoms with van der Waals surface area (Å²) in [4.78, 5) is 8.81. The van der Waals surface area contributed by atoms with E-state index in [1.54, 1.807) is 0 Å². The highest BCUT2D eigenvalue weighted by Crippen LogP contribution is 2.20. The summed E-state index contributed by atoms with van der Waals surface area (Å²) < 4.78 is 0. The third-order valence-electron chi connectivity index (χ3n) is 2.81.